The van der Waals surface area contributed by atoms with Crippen molar-refractivity contribution in [3.63, 3.8) is 0 Å². The highest BCUT2D eigenvalue weighted by atomic mass is 32.2. The van der Waals surface area contributed by atoms with Crippen molar-refractivity contribution in [1.29, 1.82) is 0 Å². The van der Waals surface area contributed by atoms with E-state index in [0.717, 1.165) is 14.7 Å². The van der Waals surface area contributed by atoms with E-state index >= 15 is 0 Å². The van der Waals surface area contributed by atoms with Crippen molar-refractivity contribution >= 4 is 52.7 Å². The maximum Gasteiger partial charge on any atom is 0.332 e. The van der Waals surface area contributed by atoms with Gasteiger partial charge >= 0.3 is 23.3 Å². The molecule has 0 aliphatic carbocycles. The normalized spacial score (nSPS) is 11.5. The number of aliphatic hydroxyl groups is 1. The topological polar surface area (TPSA) is 276 Å². The number of aromatic nitrogens is 8. The number of benzene rings is 1. The first kappa shape index (κ1) is 61.7. The van der Waals surface area contributed by atoms with E-state index in [-0.39, 0.29) is 87.2 Å². The molecule has 0 amide bonds. The third-order valence-electron chi connectivity index (χ3n) is 11.3. The van der Waals surface area contributed by atoms with Gasteiger partial charge in [-0.05, 0) is 73.7 Å². The third kappa shape index (κ3) is 17.5. The van der Waals surface area contributed by atoms with E-state index < -0.39 is 47.5 Å². The molecule has 1 aromatic carbocycles. The molecular formula is C51H70N8O13SSi. The van der Waals surface area contributed by atoms with Gasteiger partial charge in [0.1, 0.15) is 22.8 Å². The lowest BCUT2D eigenvalue weighted by Crippen LogP contribution is -2.41. The average molecular weight is 1060 g/mol. The first-order chi connectivity index (χ1) is 34.4. The molecule has 4 aromatic heterocycles. The van der Waals surface area contributed by atoms with Gasteiger partial charge in [0.2, 0.25) is 0 Å². The Hall–Kier alpha value is -6.63. The number of carbonyl (C=O) groups is 2. The van der Waals surface area contributed by atoms with Gasteiger partial charge in [-0.3, -0.25) is 42.0 Å². The van der Waals surface area contributed by atoms with Gasteiger partial charge in [0, 0.05) is 53.9 Å². The molecule has 0 atom stereocenters. The Bertz CT molecular complexity index is 3310. The summed E-state index contributed by atoms with van der Waals surface area (Å²) in [6, 6.07) is 5.99. The number of fused-ring (bicyclic) bond motifs is 2. The molecule has 0 radical (unpaired) electrons. The predicted molar refractivity (Wildman–Crippen MR) is 282 cm³/mol. The third-order valence-corrected chi connectivity index (χ3v) is 16.7. The fraction of sp³-hybridized carbons (Fsp3) is 0.529. The maximum atomic E-state index is 12.9. The summed E-state index contributed by atoms with van der Waals surface area (Å²) in [5.74, 6) is 11.4. The molecule has 0 aliphatic rings. The molecule has 2 N–H and O–H groups in total. The Morgan fingerprint density at radius 1 is 0.716 bits per heavy atom. The Balaban J connectivity index is 0.000000328. The van der Waals surface area contributed by atoms with Crippen LogP contribution in [0.4, 0.5) is 0 Å². The van der Waals surface area contributed by atoms with Crippen LogP contribution in [0.3, 0.4) is 0 Å². The summed E-state index contributed by atoms with van der Waals surface area (Å²) >= 11 is 0. The minimum absolute atomic E-state index is 0.00445. The van der Waals surface area contributed by atoms with Crippen LogP contribution >= 0.6 is 0 Å². The number of unbranched alkanes of at least 4 members (excludes halogenated alkanes) is 2. The number of aliphatic hydroxyl groups excluding tert-OH is 1. The number of esters is 2. The van der Waals surface area contributed by atoms with E-state index in [1.54, 1.807) is 12.1 Å². The van der Waals surface area contributed by atoms with Crippen molar-refractivity contribution in [3.8, 4) is 23.7 Å². The average Bonchev–Trinajstić information content (AvgIpc) is 3.31. The minimum atomic E-state index is -4.02. The lowest BCUT2D eigenvalue weighted by molar-refractivity contribution is -0.141. The highest BCUT2D eigenvalue weighted by Gasteiger charge is 2.37. The molecule has 21 nitrogen and oxygen atoms in total. The molecule has 5 aromatic rings. The van der Waals surface area contributed by atoms with E-state index in [9.17, 15) is 42.3 Å². The van der Waals surface area contributed by atoms with Gasteiger partial charge in [0.05, 0.1) is 31.3 Å². The van der Waals surface area contributed by atoms with Crippen LogP contribution in [0.5, 0.6) is 0 Å². The van der Waals surface area contributed by atoms with E-state index in [0.29, 0.717) is 50.2 Å². The van der Waals surface area contributed by atoms with Gasteiger partial charge in [0.25, 0.3) is 21.2 Å². The lowest BCUT2D eigenvalue weighted by atomic mass is 10.2. The Morgan fingerprint density at radius 3 is 1.49 bits per heavy atom. The molecular weight excluding hydrogens is 993 g/mol. The molecule has 0 saturated heterocycles. The van der Waals surface area contributed by atoms with Crippen LogP contribution in [-0.4, -0.2) is 89.8 Å². The molecule has 0 spiro atoms. The zero-order chi connectivity index (χ0) is 55.9. The van der Waals surface area contributed by atoms with Gasteiger partial charge in [-0.1, -0.05) is 78.0 Å². The maximum absolute atomic E-state index is 12.9. The highest BCUT2D eigenvalue weighted by molar-refractivity contribution is 7.85. The standard InChI is InChI=1S/C25H38N4O5Si.C19H24N4O5.C7H8O3S/c1-17(2)15-29-22-21(23(31)28(7)24(29)32)26-19(13-11-10-12-14-33-18(3)30)20(27-22)16-34-35(8,9)25(4,5)6;1-12(2)10-23-17-16(18(26)22(4)19(23)27)20-14(15(11-24)21-17)8-6-5-7-9-28-13(3)25;1-6-2-4-7(5-3-6)11(8,9)10/h17H,10,12,14-16H2,1-9H3;12,24H,5,7,9-11H2,1-4H3;2-5H,1H3,(H,8,9,10). The van der Waals surface area contributed by atoms with Gasteiger partial charge < -0.3 is 19.0 Å². The van der Waals surface area contributed by atoms with Crippen molar-refractivity contribution in [2.45, 2.75) is 144 Å². The van der Waals surface area contributed by atoms with Crippen LogP contribution < -0.4 is 22.5 Å². The summed E-state index contributed by atoms with van der Waals surface area (Å²) < 4.78 is 50.7. The molecule has 0 bridgehead atoms. The largest absolute Gasteiger partial charge is 0.466 e. The Morgan fingerprint density at radius 2 is 1.12 bits per heavy atom. The molecule has 4 heterocycles. The monoisotopic (exact) mass is 1060 g/mol. The minimum Gasteiger partial charge on any atom is -0.466 e. The number of ether oxygens (including phenoxy) is 2. The van der Waals surface area contributed by atoms with Crippen molar-refractivity contribution in [2.24, 2.45) is 25.9 Å². The molecule has 0 fully saturated rings. The van der Waals surface area contributed by atoms with Crippen molar-refractivity contribution in [1.82, 2.24) is 38.2 Å². The molecule has 23 heteroatoms. The zero-order valence-corrected chi connectivity index (χ0v) is 46.7. The van der Waals surface area contributed by atoms with Crippen LogP contribution in [-0.2, 0) is 74.0 Å². The van der Waals surface area contributed by atoms with E-state index in [1.807, 2.05) is 34.6 Å². The number of carbonyl (C=O) groups excluding carboxylic acids is 2. The van der Waals surface area contributed by atoms with Gasteiger partial charge in [0.15, 0.2) is 30.6 Å². The number of hydrogen-bond donors (Lipinski definition) is 2. The second kappa shape index (κ2) is 27.1. The first-order valence-corrected chi connectivity index (χ1v) is 28.3. The fourth-order valence-electron chi connectivity index (χ4n) is 6.31. The molecule has 0 aliphatic heterocycles. The summed E-state index contributed by atoms with van der Waals surface area (Å²) in [7, 11) is -3.29. The van der Waals surface area contributed by atoms with E-state index in [4.69, 9.17) is 23.4 Å². The zero-order valence-electron chi connectivity index (χ0n) is 44.9. The fourth-order valence-corrected chi connectivity index (χ4v) is 7.72. The van der Waals surface area contributed by atoms with Crippen LogP contribution in [0, 0.1) is 42.4 Å². The summed E-state index contributed by atoms with van der Waals surface area (Å²) in [4.78, 5) is 90.2. The van der Waals surface area contributed by atoms with E-state index in [1.165, 1.54) is 49.2 Å². The van der Waals surface area contributed by atoms with Crippen molar-refractivity contribution in [2.75, 3.05) is 13.2 Å². The number of hydrogen-bond acceptors (Lipinski definition) is 16. The van der Waals surface area contributed by atoms with Crippen LogP contribution in [0.1, 0.15) is 116 Å². The Kier molecular flexibility index (Phi) is 22.6. The van der Waals surface area contributed by atoms with E-state index in [2.05, 4.69) is 72.5 Å². The predicted octanol–water partition coefficient (Wildman–Crippen LogP) is 4.94. The molecule has 74 heavy (non-hydrogen) atoms. The lowest BCUT2D eigenvalue weighted by Gasteiger charge is -2.36. The number of rotatable bonds is 15. The van der Waals surface area contributed by atoms with Crippen molar-refractivity contribution in [3.05, 3.63) is 94.3 Å². The van der Waals surface area contributed by atoms with Crippen LogP contribution in [0.2, 0.25) is 18.1 Å². The van der Waals surface area contributed by atoms with Gasteiger partial charge in [-0.15, -0.1) is 0 Å². The summed E-state index contributed by atoms with van der Waals surface area (Å²) in [6.45, 7) is 24.2. The quantitative estimate of drug-likeness (QED) is 0.0462. The molecule has 0 saturated carbocycles. The van der Waals surface area contributed by atoms with Crippen LogP contribution in [0.15, 0.2) is 48.3 Å². The number of aryl methyl sites for hydroxylation is 1. The smallest absolute Gasteiger partial charge is 0.332 e. The van der Waals surface area contributed by atoms with Gasteiger partial charge in [-0.25, -0.2) is 29.5 Å². The molecule has 0 unspecified atom stereocenters. The second-order valence-electron chi connectivity index (χ2n) is 19.7. The van der Waals surface area contributed by atoms with Crippen LogP contribution in [0.25, 0.3) is 22.3 Å². The summed E-state index contributed by atoms with van der Waals surface area (Å²) in [5, 5.41) is 9.64. The Labute approximate surface area is 432 Å². The van der Waals surface area contributed by atoms with Gasteiger partial charge in [-0.2, -0.15) is 8.42 Å². The summed E-state index contributed by atoms with van der Waals surface area (Å²) in [5.41, 5.74) is 0.763. The van der Waals surface area contributed by atoms with Crippen molar-refractivity contribution < 1.29 is 41.6 Å². The molecule has 5 rings (SSSR count). The second-order valence-corrected chi connectivity index (χ2v) is 25.9. The number of nitrogens with zero attached hydrogens (tertiary/aromatic N) is 8. The first-order valence-electron chi connectivity index (χ1n) is 24.0. The summed E-state index contributed by atoms with van der Waals surface area (Å²) in [6.07, 6.45) is 2.07. The molecule has 402 valence electrons. The highest BCUT2D eigenvalue weighted by Crippen LogP contribution is 2.37. The SMILES string of the molecule is CC(=O)OCCCC#Cc1nc2c(=O)n(C)c(=O)n(CC(C)C)c2nc1CO.CC(=O)OCCCC#Cc1nc2c(=O)n(C)c(=O)n(CC(C)C)c2nc1CO[Si](C)(C)C(C)(C)C.Cc1ccc(S(=O)(=O)O)cc1.